The van der Waals surface area contributed by atoms with E-state index in [4.69, 9.17) is 9.47 Å². The van der Waals surface area contributed by atoms with Gasteiger partial charge in [-0.3, -0.25) is 14.5 Å². The van der Waals surface area contributed by atoms with E-state index in [1.165, 1.54) is 0 Å². The summed E-state index contributed by atoms with van der Waals surface area (Å²) in [5.41, 5.74) is 7.49. The third-order valence-corrected chi connectivity index (χ3v) is 8.58. The second-order valence-electron chi connectivity index (χ2n) is 11.3. The molecular weight excluding hydrogens is 566 g/mol. The van der Waals surface area contributed by atoms with Gasteiger partial charge in [0.1, 0.15) is 5.75 Å². The molecule has 0 bridgehead atoms. The van der Waals surface area contributed by atoms with E-state index in [-0.39, 0.29) is 36.7 Å². The molecule has 0 radical (unpaired) electrons. The van der Waals surface area contributed by atoms with Crippen LogP contribution in [0.2, 0.25) is 0 Å². The van der Waals surface area contributed by atoms with Gasteiger partial charge in [0.2, 0.25) is 5.91 Å². The first kappa shape index (κ1) is 29.9. The predicted octanol–water partition coefficient (Wildman–Crippen LogP) is 6.51. The van der Waals surface area contributed by atoms with E-state index < -0.39 is 0 Å². The molecule has 0 saturated carbocycles. The summed E-state index contributed by atoms with van der Waals surface area (Å²) in [6, 6.07) is 29.3. The molecule has 8 nitrogen and oxygen atoms in total. The van der Waals surface area contributed by atoms with Crippen molar-refractivity contribution in [3.8, 4) is 5.75 Å². The van der Waals surface area contributed by atoms with Crippen LogP contribution in [0.15, 0.2) is 91.0 Å². The third kappa shape index (κ3) is 6.41. The minimum absolute atomic E-state index is 0.0138. The van der Waals surface area contributed by atoms with Crippen LogP contribution in [0.3, 0.4) is 0 Å². The molecule has 8 heteroatoms. The zero-order chi connectivity index (χ0) is 31.3. The highest BCUT2D eigenvalue weighted by molar-refractivity contribution is 6.04. The van der Waals surface area contributed by atoms with E-state index >= 15 is 0 Å². The number of hydrogen-bond donors (Lipinski definition) is 1. The maximum absolute atomic E-state index is 13.5. The molecule has 1 atom stereocenters. The fraction of sp³-hybridized carbons (Fsp3) is 0.270. The van der Waals surface area contributed by atoms with Crippen LogP contribution in [0.5, 0.6) is 5.75 Å². The van der Waals surface area contributed by atoms with Crippen LogP contribution < -0.4 is 19.9 Å². The average molecular weight is 604 g/mol. The normalized spacial score (nSPS) is 14.0. The highest BCUT2D eigenvalue weighted by Gasteiger charge is 2.28. The molecule has 0 saturated heterocycles. The average Bonchev–Trinajstić information content (AvgIpc) is 3.69. The van der Waals surface area contributed by atoms with Crippen molar-refractivity contribution >= 4 is 35.0 Å². The minimum atomic E-state index is -0.231. The molecule has 2 aliphatic rings. The Labute approximate surface area is 263 Å². The van der Waals surface area contributed by atoms with Crippen LogP contribution in [0.1, 0.15) is 47.1 Å². The van der Waals surface area contributed by atoms with Crippen molar-refractivity contribution in [3.05, 3.63) is 119 Å². The van der Waals surface area contributed by atoms with Gasteiger partial charge in [-0.25, -0.2) is 4.79 Å². The van der Waals surface area contributed by atoms with Gasteiger partial charge in [-0.1, -0.05) is 66.7 Å². The number of urea groups is 1. The Balaban J connectivity index is 1.15. The van der Waals surface area contributed by atoms with Gasteiger partial charge in [0.15, 0.2) is 0 Å². The number of carbonyl (C=O) groups is 3. The van der Waals surface area contributed by atoms with Crippen LogP contribution in [0, 0.1) is 0 Å². The summed E-state index contributed by atoms with van der Waals surface area (Å²) in [5, 5.41) is 2.98. The van der Waals surface area contributed by atoms with Crippen molar-refractivity contribution in [2.24, 2.45) is 0 Å². The van der Waals surface area contributed by atoms with Gasteiger partial charge in [0.25, 0.3) is 0 Å². The number of anilines is 3. The maximum Gasteiger partial charge on any atom is 0.326 e. The van der Waals surface area contributed by atoms with Gasteiger partial charge in [-0.15, -0.1) is 0 Å². The number of esters is 1. The number of rotatable bonds is 9. The number of amides is 3. The summed E-state index contributed by atoms with van der Waals surface area (Å²) in [6.45, 7) is 3.37. The number of nitrogens with one attached hydrogen (secondary N) is 1. The van der Waals surface area contributed by atoms with E-state index in [1.54, 1.807) is 18.1 Å². The number of ether oxygens (including phenoxy) is 2. The lowest BCUT2D eigenvalue weighted by molar-refractivity contribution is -0.143. The van der Waals surface area contributed by atoms with Gasteiger partial charge in [0.05, 0.1) is 32.2 Å². The fourth-order valence-corrected chi connectivity index (χ4v) is 6.35. The monoisotopic (exact) mass is 603 g/mol. The SMILES string of the molecule is CCOC(=O)CC(c1ccccc1)c1ccc2c(c1)CCN2C(=O)Cc1ccc(NC(=O)N2CCc3ccccc32)c(OC)c1. The molecular formula is C37H37N3O5. The van der Waals surface area contributed by atoms with Crippen LogP contribution in [0.4, 0.5) is 21.9 Å². The first-order chi connectivity index (χ1) is 21.9. The standard InChI is InChI=1S/C37H37N3O5/c1-3-45-36(42)24-30(26-9-5-4-6-10-26)28-14-16-33-29(23-28)18-19-39(33)35(41)22-25-13-15-31(34(21-25)44-2)38-37(43)40-20-17-27-11-7-8-12-32(27)40/h4-16,21,23,30H,3,17-20,22,24H2,1-2H3,(H,38,43). The number of para-hydroxylation sites is 1. The Kier molecular flexibility index (Phi) is 8.82. The van der Waals surface area contributed by atoms with Crippen LogP contribution in [-0.2, 0) is 33.6 Å². The Morgan fingerprint density at radius 1 is 0.800 bits per heavy atom. The number of nitrogens with zero attached hydrogens (tertiary/aromatic N) is 2. The second-order valence-corrected chi connectivity index (χ2v) is 11.3. The van der Waals surface area contributed by atoms with E-state index in [0.29, 0.717) is 31.1 Å². The molecule has 4 aromatic carbocycles. The number of methoxy groups -OCH3 is 1. The molecule has 45 heavy (non-hydrogen) atoms. The predicted molar refractivity (Wildman–Crippen MR) is 175 cm³/mol. The van der Waals surface area contributed by atoms with Gasteiger partial charge >= 0.3 is 12.0 Å². The first-order valence-corrected chi connectivity index (χ1v) is 15.4. The van der Waals surface area contributed by atoms with Crippen molar-refractivity contribution in [3.63, 3.8) is 0 Å². The molecule has 230 valence electrons. The first-order valence-electron chi connectivity index (χ1n) is 15.4. The zero-order valence-electron chi connectivity index (χ0n) is 25.6. The lowest BCUT2D eigenvalue weighted by Gasteiger charge is -2.21. The molecule has 0 aromatic heterocycles. The largest absolute Gasteiger partial charge is 0.495 e. The molecule has 1 N–H and O–H groups in total. The van der Waals surface area contributed by atoms with Crippen molar-refractivity contribution in [2.75, 3.05) is 41.9 Å². The zero-order valence-corrected chi connectivity index (χ0v) is 25.6. The Hall–Kier alpha value is -5.11. The van der Waals surface area contributed by atoms with E-state index in [2.05, 4.69) is 11.4 Å². The van der Waals surface area contributed by atoms with Crippen LogP contribution >= 0.6 is 0 Å². The number of hydrogen-bond acceptors (Lipinski definition) is 5. The molecule has 0 spiro atoms. The summed E-state index contributed by atoms with van der Waals surface area (Å²) in [7, 11) is 1.56. The maximum atomic E-state index is 13.5. The molecule has 6 rings (SSSR count). The fourth-order valence-electron chi connectivity index (χ4n) is 6.35. The van der Waals surface area contributed by atoms with Gasteiger partial charge in [-0.2, -0.15) is 0 Å². The quantitative estimate of drug-likeness (QED) is 0.221. The summed E-state index contributed by atoms with van der Waals surface area (Å²) in [4.78, 5) is 42.7. The Morgan fingerprint density at radius 2 is 1.53 bits per heavy atom. The lowest BCUT2D eigenvalue weighted by atomic mass is 9.87. The number of fused-ring (bicyclic) bond motifs is 2. The molecule has 2 heterocycles. The third-order valence-electron chi connectivity index (χ3n) is 8.58. The van der Waals surface area contributed by atoms with Gasteiger partial charge < -0.3 is 19.7 Å². The van der Waals surface area contributed by atoms with E-state index in [9.17, 15) is 14.4 Å². The summed E-state index contributed by atoms with van der Waals surface area (Å²) < 4.78 is 10.9. The smallest absolute Gasteiger partial charge is 0.326 e. The van der Waals surface area contributed by atoms with E-state index in [1.807, 2.05) is 90.7 Å². The lowest BCUT2D eigenvalue weighted by Crippen LogP contribution is -2.33. The van der Waals surface area contributed by atoms with Crippen LogP contribution in [0.25, 0.3) is 0 Å². The summed E-state index contributed by atoms with van der Waals surface area (Å²) in [6.07, 6.45) is 2.01. The van der Waals surface area contributed by atoms with Gasteiger partial charge in [0, 0.05) is 30.4 Å². The summed E-state index contributed by atoms with van der Waals surface area (Å²) in [5.74, 6) is 0.124. The van der Waals surface area contributed by atoms with Gasteiger partial charge in [-0.05, 0) is 71.8 Å². The van der Waals surface area contributed by atoms with Crippen molar-refractivity contribution in [1.29, 1.82) is 0 Å². The number of carbonyl (C=O) groups excluding carboxylic acids is 3. The molecule has 0 fully saturated rings. The van der Waals surface area contributed by atoms with Crippen LogP contribution in [-0.4, -0.2) is 44.7 Å². The molecule has 3 amide bonds. The van der Waals surface area contributed by atoms with Crippen molar-refractivity contribution < 1.29 is 23.9 Å². The Bertz CT molecular complexity index is 1720. The van der Waals surface area contributed by atoms with Crippen molar-refractivity contribution in [1.82, 2.24) is 0 Å². The summed E-state index contributed by atoms with van der Waals surface area (Å²) >= 11 is 0. The van der Waals surface area contributed by atoms with Crippen molar-refractivity contribution in [2.45, 2.75) is 38.5 Å². The molecule has 1 unspecified atom stereocenters. The topological polar surface area (TPSA) is 88.2 Å². The molecule has 4 aromatic rings. The minimum Gasteiger partial charge on any atom is -0.495 e. The molecule has 0 aliphatic carbocycles. The second kappa shape index (κ2) is 13.3. The highest BCUT2D eigenvalue weighted by Crippen LogP contribution is 2.36. The number of benzene rings is 4. The molecule has 2 aliphatic heterocycles. The van der Waals surface area contributed by atoms with E-state index in [0.717, 1.165) is 52.0 Å². The Morgan fingerprint density at radius 3 is 2.33 bits per heavy atom. The highest BCUT2D eigenvalue weighted by atomic mass is 16.5.